The van der Waals surface area contributed by atoms with Gasteiger partial charge in [0, 0.05) is 37.0 Å². The second kappa shape index (κ2) is 9.95. The van der Waals surface area contributed by atoms with Crippen LogP contribution >= 0.6 is 0 Å². The number of rotatable bonds is 5. The van der Waals surface area contributed by atoms with Gasteiger partial charge in [-0.25, -0.2) is 4.79 Å². The fraction of sp³-hybridized carbons (Fsp3) is 0.476. The lowest BCUT2D eigenvalue weighted by atomic mass is 9.85. The van der Waals surface area contributed by atoms with Crippen molar-refractivity contribution >= 4 is 11.9 Å². The first-order valence-electron chi connectivity index (χ1n) is 10.1. The highest BCUT2D eigenvalue weighted by Gasteiger charge is 2.38. The standard InChI is InChI=1S/C19H24N4O.C2HF3O2/c24-19(17-6-2-5-16-7-8-20-11-18(16)17)21-9-15-10-22-23(13-15)12-14-3-1-4-14;3-2(4,5)1(6)7/h2,5-6,10,13-14,20H,1,3-4,7-9,11-12H2,(H,21,24);(H,6,7). The average molecular weight is 438 g/mol. The van der Waals surface area contributed by atoms with E-state index in [1.165, 1.54) is 24.8 Å². The molecule has 0 bridgehead atoms. The number of carbonyl (C=O) groups excluding carboxylic acids is 1. The molecule has 1 aliphatic heterocycles. The molecule has 2 aliphatic rings. The van der Waals surface area contributed by atoms with Gasteiger partial charge in [-0.15, -0.1) is 0 Å². The molecule has 1 aromatic heterocycles. The number of nitrogens with one attached hydrogen (secondary N) is 2. The third-order valence-electron chi connectivity index (χ3n) is 5.44. The number of nitrogens with zero attached hydrogens (tertiary/aromatic N) is 2. The number of halogens is 3. The van der Waals surface area contributed by atoms with E-state index < -0.39 is 12.1 Å². The van der Waals surface area contributed by atoms with Crippen LogP contribution in [0, 0.1) is 5.92 Å². The van der Waals surface area contributed by atoms with Crippen molar-refractivity contribution in [3.63, 3.8) is 0 Å². The average Bonchev–Trinajstić information content (AvgIpc) is 3.16. The maximum Gasteiger partial charge on any atom is 0.490 e. The van der Waals surface area contributed by atoms with Crippen LogP contribution in [0.25, 0.3) is 0 Å². The molecule has 1 aliphatic carbocycles. The zero-order valence-corrected chi connectivity index (χ0v) is 16.9. The molecule has 1 fully saturated rings. The molecular formula is C21H25F3N4O3. The van der Waals surface area contributed by atoms with Gasteiger partial charge < -0.3 is 15.7 Å². The molecule has 1 saturated carbocycles. The van der Waals surface area contributed by atoms with Gasteiger partial charge >= 0.3 is 12.1 Å². The Kier molecular flexibility index (Phi) is 7.32. The SMILES string of the molecule is O=C(NCc1cnn(CC2CCC2)c1)c1cccc2c1CNCC2.O=C(O)C(F)(F)F. The molecule has 0 unspecified atom stereocenters. The molecule has 7 nitrogen and oxygen atoms in total. The molecule has 0 radical (unpaired) electrons. The Labute approximate surface area is 177 Å². The first kappa shape index (κ1) is 22.8. The van der Waals surface area contributed by atoms with Crippen molar-refractivity contribution in [1.82, 2.24) is 20.4 Å². The number of aliphatic carboxylic acids is 1. The van der Waals surface area contributed by atoms with E-state index >= 15 is 0 Å². The van der Waals surface area contributed by atoms with Crippen LogP contribution in [0.5, 0.6) is 0 Å². The van der Waals surface area contributed by atoms with Gasteiger partial charge in [0.25, 0.3) is 5.91 Å². The molecule has 2 aromatic rings. The largest absolute Gasteiger partial charge is 0.490 e. The Morgan fingerprint density at radius 3 is 2.68 bits per heavy atom. The van der Waals surface area contributed by atoms with Crippen molar-refractivity contribution < 1.29 is 27.9 Å². The van der Waals surface area contributed by atoms with E-state index in [1.807, 2.05) is 23.0 Å². The lowest BCUT2D eigenvalue weighted by molar-refractivity contribution is -0.192. The lowest BCUT2D eigenvalue weighted by Crippen LogP contribution is -2.29. The molecule has 10 heteroatoms. The summed E-state index contributed by atoms with van der Waals surface area (Å²) in [6.45, 7) is 3.29. The fourth-order valence-corrected chi connectivity index (χ4v) is 3.54. The van der Waals surface area contributed by atoms with Gasteiger partial charge in [0.15, 0.2) is 0 Å². The predicted molar refractivity (Wildman–Crippen MR) is 106 cm³/mol. The number of fused-ring (bicyclic) bond motifs is 1. The Bertz CT molecular complexity index is 923. The molecule has 4 rings (SSSR count). The van der Waals surface area contributed by atoms with Crippen molar-refractivity contribution in [2.45, 2.75) is 51.5 Å². The summed E-state index contributed by atoms with van der Waals surface area (Å²) in [4.78, 5) is 21.5. The number of amides is 1. The van der Waals surface area contributed by atoms with Gasteiger partial charge in [0.05, 0.1) is 6.20 Å². The van der Waals surface area contributed by atoms with Crippen LogP contribution < -0.4 is 10.6 Å². The predicted octanol–water partition coefficient (Wildman–Crippen LogP) is 2.89. The topological polar surface area (TPSA) is 96.3 Å². The van der Waals surface area contributed by atoms with E-state index in [4.69, 9.17) is 9.90 Å². The zero-order valence-electron chi connectivity index (χ0n) is 16.9. The molecule has 0 spiro atoms. The van der Waals surface area contributed by atoms with Gasteiger partial charge in [-0.05, 0) is 48.9 Å². The normalized spacial score (nSPS) is 15.8. The van der Waals surface area contributed by atoms with Gasteiger partial charge in [0.2, 0.25) is 0 Å². The summed E-state index contributed by atoms with van der Waals surface area (Å²) in [7, 11) is 0. The van der Waals surface area contributed by atoms with Crippen molar-refractivity contribution in [1.29, 1.82) is 0 Å². The molecule has 0 saturated heterocycles. The molecule has 1 aromatic carbocycles. The summed E-state index contributed by atoms with van der Waals surface area (Å²) < 4.78 is 33.7. The quantitative estimate of drug-likeness (QED) is 0.667. The van der Waals surface area contributed by atoms with Crippen LogP contribution in [-0.4, -0.2) is 39.5 Å². The van der Waals surface area contributed by atoms with Gasteiger partial charge in [0.1, 0.15) is 0 Å². The van der Waals surface area contributed by atoms with Crippen molar-refractivity contribution in [3.05, 3.63) is 52.8 Å². The number of alkyl halides is 3. The van der Waals surface area contributed by atoms with E-state index in [-0.39, 0.29) is 5.91 Å². The highest BCUT2D eigenvalue weighted by atomic mass is 19.4. The Hall–Kier alpha value is -2.88. The molecular weight excluding hydrogens is 413 g/mol. The van der Waals surface area contributed by atoms with E-state index in [2.05, 4.69) is 28.0 Å². The van der Waals surface area contributed by atoms with Crippen LogP contribution in [-0.2, 0) is 30.8 Å². The highest BCUT2D eigenvalue weighted by molar-refractivity contribution is 5.96. The van der Waals surface area contributed by atoms with Crippen LogP contribution in [0.4, 0.5) is 13.2 Å². The summed E-state index contributed by atoms with van der Waals surface area (Å²) in [5.41, 5.74) is 4.28. The minimum Gasteiger partial charge on any atom is -0.475 e. The smallest absolute Gasteiger partial charge is 0.475 e. The third kappa shape index (κ3) is 6.30. The first-order chi connectivity index (χ1) is 14.7. The number of hydrogen-bond donors (Lipinski definition) is 3. The molecule has 0 atom stereocenters. The van der Waals surface area contributed by atoms with E-state index in [9.17, 15) is 18.0 Å². The second-order valence-corrected chi connectivity index (χ2v) is 7.72. The van der Waals surface area contributed by atoms with Gasteiger partial charge in [-0.2, -0.15) is 18.3 Å². The van der Waals surface area contributed by atoms with Crippen molar-refractivity contribution in [3.8, 4) is 0 Å². The monoisotopic (exact) mass is 438 g/mol. The van der Waals surface area contributed by atoms with E-state index in [1.54, 1.807) is 0 Å². The van der Waals surface area contributed by atoms with Gasteiger partial charge in [-0.1, -0.05) is 18.6 Å². The number of aromatic nitrogens is 2. The van der Waals surface area contributed by atoms with Crippen LogP contribution in [0.1, 0.15) is 46.3 Å². The molecule has 168 valence electrons. The molecule has 2 heterocycles. The summed E-state index contributed by atoms with van der Waals surface area (Å²) in [5.74, 6) is -1.97. The number of benzene rings is 1. The van der Waals surface area contributed by atoms with Crippen molar-refractivity contribution in [2.75, 3.05) is 6.54 Å². The summed E-state index contributed by atoms with van der Waals surface area (Å²) >= 11 is 0. The van der Waals surface area contributed by atoms with Crippen LogP contribution in [0.3, 0.4) is 0 Å². The van der Waals surface area contributed by atoms with Crippen LogP contribution in [0.15, 0.2) is 30.6 Å². The molecule has 31 heavy (non-hydrogen) atoms. The summed E-state index contributed by atoms with van der Waals surface area (Å²) in [5, 5.41) is 17.9. The highest BCUT2D eigenvalue weighted by Crippen LogP contribution is 2.27. The number of carbonyl (C=O) groups is 2. The number of carboxylic acid groups (broad SMARTS) is 1. The summed E-state index contributed by atoms with van der Waals surface area (Å²) in [6.07, 6.45) is 3.81. The Morgan fingerprint density at radius 2 is 2.03 bits per heavy atom. The van der Waals surface area contributed by atoms with Gasteiger partial charge in [-0.3, -0.25) is 9.48 Å². The molecule has 3 N–H and O–H groups in total. The minimum atomic E-state index is -5.08. The summed E-state index contributed by atoms with van der Waals surface area (Å²) in [6, 6.07) is 6.02. The van der Waals surface area contributed by atoms with E-state index in [0.29, 0.717) is 6.54 Å². The fourth-order valence-electron chi connectivity index (χ4n) is 3.54. The van der Waals surface area contributed by atoms with E-state index in [0.717, 1.165) is 48.7 Å². The Balaban J connectivity index is 0.000000339. The third-order valence-corrected chi connectivity index (χ3v) is 5.44. The number of hydrogen-bond acceptors (Lipinski definition) is 4. The Morgan fingerprint density at radius 1 is 1.29 bits per heavy atom. The first-order valence-corrected chi connectivity index (χ1v) is 10.1. The lowest BCUT2D eigenvalue weighted by Gasteiger charge is -2.24. The maximum atomic E-state index is 12.6. The number of carboxylic acids is 1. The second-order valence-electron chi connectivity index (χ2n) is 7.72. The van der Waals surface area contributed by atoms with Crippen molar-refractivity contribution in [2.24, 2.45) is 5.92 Å². The van der Waals surface area contributed by atoms with Crippen LogP contribution in [0.2, 0.25) is 0 Å². The maximum absolute atomic E-state index is 12.6. The minimum absolute atomic E-state index is 0.00212. The molecule has 1 amide bonds. The zero-order chi connectivity index (χ0) is 22.4.